The number of nitrogens with zero attached hydrogens (tertiary/aromatic N) is 3. The molecule has 0 bridgehead atoms. The van der Waals surface area contributed by atoms with Gasteiger partial charge in [0.2, 0.25) is 0 Å². The first kappa shape index (κ1) is 32.3. The molecule has 0 aliphatic carbocycles. The lowest BCUT2D eigenvalue weighted by Crippen LogP contribution is -2.05. The van der Waals surface area contributed by atoms with Gasteiger partial charge in [0.05, 0.1) is 39.2 Å². The molecular formula is C47H30F3N3. The number of fused-ring (bicyclic) bond motifs is 5. The molecule has 254 valence electrons. The molecule has 7 aromatic carbocycles. The van der Waals surface area contributed by atoms with E-state index in [1.807, 2.05) is 109 Å². The smallest absolute Gasteiger partial charge is 0.247 e. The predicted octanol–water partition coefficient (Wildman–Crippen LogP) is 13.0. The maximum atomic E-state index is 13.7. The lowest BCUT2D eigenvalue weighted by molar-refractivity contribution is -0.137. The van der Waals surface area contributed by atoms with Crippen LogP contribution < -0.4 is 0 Å². The van der Waals surface area contributed by atoms with Gasteiger partial charge in [-0.1, -0.05) is 140 Å². The molecule has 53 heavy (non-hydrogen) atoms. The van der Waals surface area contributed by atoms with Crippen LogP contribution in [-0.4, -0.2) is 15.0 Å². The molecule has 0 aliphatic heterocycles. The van der Waals surface area contributed by atoms with E-state index in [2.05, 4.69) is 36.4 Å². The third-order valence-corrected chi connectivity index (χ3v) is 9.68. The van der Waals surface area contributed by atoms with Crippen molar-refractivity contribution in [3.8, 4) is 56.0 Å². The van der Waals surface area contributed by atoms with E-state index in [0.29, 0.717) is 27.9 Å². The van der Waals surface area contributed by atoms with Crippen molar-refractivity contribution in [2.24, 2.45) is 0 Å². The maximum absolute atomic E-state index is 13.7. The van der Waals surface area contributed by atoms with Gasteiger partial charge in [0, 0.05) is 32.8 Å². The topological polar surface area (TPSA) is 38.7 Å². The minimum Gasteiger partial charge on any atom is -0.247 e. The molecule has 2 aromatic heterocycles. The highest BCUT2D eigenvalue weighted by atomic mass is 19.4. The summed E-state index contributed by atoms with van der Waals surface area (Å²) < 4.78 is 41.2. The van der Waals surface area contributed by atoms with Gasteiger partial charge in [-0.15, -0.1) is 0 Å². The minimum atomic E-state index is -4.44. The van der Waals surface area contributed by atoms with E-state index in [-0.39, 0.29) is 0 Å². The van der Waals surface area contributed by atoms with E-state index in [4.69, 9.17) is 15.0 Å². The van der Waals surface area contributed by atoms with Crippen LogP contribution in [0.5, 0.6) is 0 Å². The van der Waals surface area contributed by atoms with E-state index < -0.39 is 11.7 Å². The van der Waals surface area contributed by atoms with Crippen molar-refractivity contribution in [2.45, 2.75) is 13.1 Å². The van der Waals surface area contributed by atoms with Crippen molar-refractivity contribution in [3.05, 3.63) is 175 Å². The first-order valence-electron chi connectivity index (χ1n) is 17.3. The fourth-order valence-electron chi connectivity index (χ4n) is 7.25. The Morgan fingerprint density at radius 3 is 1.58 bits per heavy atom. The predicted molar refractivity (Wildman–Crippen MR) is 209 cm³/mol. The average Bonchev–Trinajstić information content (AvgIpc) is 3.20. The van der Waals surface area contributed by atoms with Crippen LogP contribution in [0.1, 0.15) is 11.1 Å². The second-order valence-electron chi connectivity index (χ2n) is 13.2. The zero-order valence-electron chi connectivity index (χ0n) is 28.6. The number of hydrogen-bond acceptors (Lipinski definition) is 3. The molecule has 6 heteroatoms. The van der Waals surface area contributed by atoms with Crippen molar-refractivity contribution >= 4 is 32.7 Å². The number of aromatic nitrogens is 3. The summed E-state index contributed by atoms with van der Waals surface area (Å²) in [6.45, 7) is 1.68. The third kappa shape index (κ3) is 5.88. The van der Waals surface area contributed by atoms with Gasteiger partial charge in [0.1, 0.15) is 0 Å². The highest BCUT2D eigenvalue weighted by Crippen LogP contribution is 2.44. The van der Waals surface area contributed by atoms with Gasteiger partial charge in [0.15, 0.2) is 0 Å². The minimum absolute atomic E-state index is 0.504. The zero-order chi connectivity index (χ0) is 36.1. The molecule has 9 aromatic rings. The summed E-state index contributed by atoms with van der Waals surface area (Å²) in [5.41, 5.74) is 10.3. The van der Waals surface area contributed by atoms with Gasteiger partial charge in [-0.05, 0) is 59.0 Å². The maximum Gasteiger partial charge on any atom is 0.416 e. The number of aryl methyl sites for hydroxylation is 1. The molecule has 0 radical (unpaired) electrons. The highest BCUT2D eigenvalue weighted by Gasteiger charge is 2.31. The molecule has 0 unspecified atom stereocenters. The lowest BCUT2D eigenvalue weighted by atomic mass is 9.90. The van der Waals surface area contributed by atoms with E-state index in [9.17, 15) is 13.2 Å². The van der Waals surface area contributed by atoms with E-state index in [1.54, 1.807) is 13.0 Å². The highest BCUT2D eigenvalue weighted by molar-refractivity contribution is 6.25. The van der Waals surface area contributed by atoms with E-state index >= 15 is 0 Å². The van der Waals surface area contributed by atoms with Crippen molar-refractivity contribution in [1.29, 1.82) is 0 Å². The number of alkyl halides is 3. The van der Waals surface area contributed by atoms with Crippen molar-refractivity contribution in [2.75, 3.05) is 0 Å². The average molecular weight is 694 g/mol. The van der Waals surface area contributed by atoms with Crippen LogP contribution >= 0.6 is 0 Å². The van der Waals surface area contributed by atoms with E-state index in [0.717, 1.165) is 66.4 Å². The van der Waals surface area contributed by atoms with Crippen LogP contribution in [0.25, 0.3) is 88.7 Å². The summed E-state index contributed by atoms with van der Waals surface area (Å²) in [6.07, 6.45) is -4.44. The van der Waals surface area contributed by atoms with Gasteiger partial charge >= 0.3 is 6.18 Å². The Morgan fingerprint density at radius 1 is 0.415 bits per heavy atom. The monoisotopic (exact) mass is 693 g/mol. The SMILES string of the molecule is Cc1cc(-c2ccc(-c3nc4ccccc4c4c(-c5ccccc5)cc5nc(-c6ccccc6)c(-c6ccccc6)nc5c34)cc2)cc(C(F)(F)F)c1. The molecule has 0 N–H and O–H groups in total. The Morgan fingerprint density at radius 2 is 0.943 bits per heavy atom. The summed E-state index contributed by atoms with van der Waals surface area (Å²) in [5.74, 6) is 0. The first-order chi connectivity index (χ1) is 25.8. The van der Waals surface area contributed by atoms with Crippen molar-refractivity contribution < 1.29 is 13.2 Å². The number of halogens is 3. The summed E-state index contributed by atoms with van der Waals surface area (Å²) >= 11 is 0. The first-order valence-corrected chi connectivity index (χ1v) is 17.3. The Labute approximate surface area is 304 Å². The fourth-order valence-corrected chi connectivity index (χ4v) is 7.25. The van der Waals surface area contributed by atoms with Crippen molar-refractivity contribution in [1.82, 2.24) is 15.0 Å². The lowest BCUT2D eigenvalue weighted by Gasteiger charge is -2.18. The number of pyridine rings is 1. The zero-order valence-corrected chi connectivity index (χ0v) is 28.6. The Hall–Kier alpha value is -6.66. The summed E-state index contributed by atoms with van der Waals surface area (Å²) in [4.78, 5) is 16.1. The van der Waals surface area contributed by atoms with Gasteiger partial charge in [-0.3, -0.25) is 0 Å². The van der Waals surface area contributed by atoms with E-state index in [1.165, 1.54) is 12.1 Å². The second kappa shape index (κ2) is 12.8. The molecule has 2 heterocycles. The van der Waals surface area contributed by atoms with Gasteiger partial charge < -0.3 is 0 Å². The quantitative estimate of drug-likeness (QED) is 0.168. The normalized spacial score (nSPS) is 11.8. The van der Waals surface area contributed by atoms with Crippen LogP contribution in [0.3, 0.4) is 0 Å². The molecular weight excluding hydrogens is 664 g/mol. The van der Waals surface area contributed by atoms with Crippen LogP contribution in [0.4, 0.5) is 13.2 Å². The molecule has 0 fully saturated rings. The summed E-state index contributed by atoms with van der Waals surface area (Å²) in [5, 5.41) is 2.84. The molecule has 0 atom stereocenters. The van der Waals surface area contributed by atoms with Gasteiger partial charge in [0.25, 0.3) is 0 Å². The van der Waals surface area contributed by atoms with Crippen LogP contribution in [0.2, 0.25) is 0 Å². The van der Waals surface area contributed by atoms with Gasteiger partial charge in [-0.25, -0.2) is 15.0 Å². The molecule has 0 spiro atoms. The van der Waals surface area contributed by atoms with Crippen LogP contribution in [0, 0.1) is 6.92 Å². The molecule has 3 nitrogen and oxygen atoms in total. The second-order valence-corrected chi connectivity index (χ2v) is 13.2. The fraction of sp³-hybridized carbons (Fsp3) is 0.0426. The Balaban J connectivity index is 1.38. The summed E-state index contributed by atoms with van der Waals surface area (Å²) in [6, 6.07) is 52.5. The van der Waals surface area contributed by atoms with Crippen LogP contribution in [0.15, 0.2) is 164 Å². The largest absolute Gasteiger partial charge is 0.416 e. The standard InChI is InChI=1S/C47H30F3N3/c1-29-25-35(27-36(26-29)47(48,49)50)30-21-23-34(24-22-30)43-42-41(37-19-11-12-20-39(37)51-43)38(31-13-5-2-6-14-31)28-40-46(42)53-45(33-17-9-4-10-18-33)44(52-40)32-15-7-3-8-16-32/h2-28H,1H3. The van der Waals surface area contributed by atoms with Gasteiger partial charge in [-0.2, -0.15) is 13.2 Å². The molecule has 9 rings (SSSR count). The number of rotatable bonds is 5. The summed E-state index contributed by atoms with van der Waals surface area (Å²) in [7, 11) is 0. The van der Waals surface area contributed by atoms with Crippen LogP contribution in [-0.2, 0) is 6.18 Å². The number of hydrogen-bond donors (Lipinski definition) is 0. The third-order valence-electron chi connectivity index (χ3n) is 9.68. The molecule has 0 amide bonds. The molecule has 0 saturated carbocycles. The number of para-hydroxylation sites is 1. The Bertz CT molecular complexity index is 2800. The number of benzene rings is 7. The molecule has 0 aliphatic rings. The Kier molecular flexibility index (Phi) is 7.81. The van der Waals surface area contributed by atoms with Crippen molar-refractivity contribution in [3.63, 3.8) is 0 Å². The molecule has 0 saturated heterocycles.